The van der Waals surface area contributed by atoms with Crippen molar-refractivity contribution in [2.75, 3.05) is 0 Å². The Morgan fingerprint density at radius 3 is 2.71 bits per heavy atom. The Kier molecular flexibility index (Phi) is 3.96. The normalized spacial score (nSPS) is 22.0. The van der Waals surface area contributed by atoms with E-state index in [2.05, 4.69) is 16.3 Å². The van der Waals surface area contributed by atoms with Gasteiger partial charge in [0, 0.05) is 22.5 Å². The van der Waals surface area contributed by atoms with Gasteiger partial charge in [0.15, 0.2) is 0 Å². The molecule has 108 valence electrons. The molecule has 3 rings (SSSR count). The van der Waals surface area contributed by atoms with Crippen LogP contribution in [0.25, 0.3) is 11.3 Å². The van der Waals surface area contributed by atoms with Gasteiger partial charge in [0.05, 0.1) is 5.69 Å². The van der Waals surface area contributed by atoms with Crippen LogP contribution in [0.1, 0.15) is 42.9 Å². The van der Waals surface area contributed by atoms with Gasteiger partial charge in [-0.25, -0.2) is 0 Å². The molecule has 1 aliphatic rings. The van der Waals surface area contributed by atoms with Crippen molar-refractivity contribution in [1.29, 1.82) is 5.26 Å². The lowest BCUT2D eigenvalue weighted by atomic mass is 9.83. The Labute approximate surface area is 128 Å². The number of nitrogens with one attached hydrogen (secondary N) is 1. The fourth-order valence-corrected chi connectivity index (χ4v) is 3.21. The molecule has 0 aliphatic heterocycles. The lowest BCUT2D eigenvalue weighted by Gasteiger charge is -2.25. The topological polar surface area (TPSA) is 78.5 Å². The number of hydrogen-bond acceptors (Lipinski definition) is 3. The molecular weight excluding hydrogens is 284 g/mol. The molecule has 1 aromatic carbocycles. The maximum absolute atomic E-state index is 9.53. The third-order valence-electron chi connectivity index (χ3n) is 4.18. The van der Waals surface area contributed by atoms with E-state index in [4.69, 9.17) is 17.3 Å². The molecule has 0 amide bonds. The predicted molar refractivity (Wildman–Crippen MR) is 82.9 cm³/mol. The van der Waals surface area contributed by atoms with Crippen molar-refractivity contribution in [1.82, 2.24) is 10.2 Å². The highest BCUT2D eigenvalue weighted by Gasteiger charge is 2.26. The van der Waals surface area contributed by atoms with E-state index < -0.39 is 0 Å². The van der Waals surface area contributed by atoms with Crippen LogP contribution in [-0.4, -0.2) is 16.2 Å². The van der Waals surface area contributed by atoms with E-state index in [1.807, 2.05) is 24.3 Å². The number of aromatic amines is 1. The molecule has 0 radical (unpaired) electrons. The molecule has 1 heterocycles. The Balaban J connectivity index is 1.96. The van der Waals surface area contributed by atoms with Crippen LogP contribution in [0, 0.1) is 11.3 Å². The maximum atomic E-state index is 9.53. The summed E-state index contributed by atoms with van der Waals surface area (Å²) in [4.78, 5) is 0. The first-order chi connectivity index (χ1) is 10.2. The molecule has 1 aliphatic carbocycles. The second-order valence-corrected chi connectivity index (χ2v) is 6.03. The lowest BCUT2D eigenvalue weighted by molar-refractivity contribution is 0.390. The third kappa shape index (κ3) is 2.80. The summed E-state index contributed by atoms with van der Waals surface area (Å²) in [5, 5.41) is 17.6. The van der Waals surface area contributed by atoms with Crippen molar-refractivity contribution in [3.63, 3.8) is 0 Å². The number of benzene rings is 1. The molecule has 3 N–H and O–H groups in total. The molecule has 0 saturated heterocycles. The summed E-state index contributed by atoms with van der Waals surface area (Å²) in [6, 6.07) is 10.0. The van der Waals surface area contributed by atoms with Gasteiger partial charge in [0.2, 0.25) is 0 Å². The predicted octanol–water partition coefficient (Wildman–Crippen LogP) is 3.59. The Bertz CT molecular complexity index is 678. The van der Waals surface area contributed by atoms with Crippen molar-refractivity contribution in [2.24, 2.45) is 5.73 Å². The smallest absolute Gasteiger partial charge is 0.110 e. The minimum absolute atomic E-state index is 0.294. The van der Waals surface area contributed by atoms with Crippen LogP contribution < -0.4 is 5.73 Å². The average molecular weight is 301 g/mol. The number of rotatable bonds is 2. The van der Waals surface area contributed by atoms with Crippen molar-refractivity contribution in [3.8, 4) is 17.3 Å². The minimum atomic E-state index is 0.294. The Hall–Kier alpha value is -1.83. The first-order valence-corrected chi connectivity index (χ1v) is 7.56. The number of nitrogens with zero attached hydrogens (tertiary/aromatic N) is 2. The van der Waals surface area contributed by atoms with Crippen molar-refractivity contribution < 1.29 is 0 Å². The zero-order valence-corrected chi connectivity index (χ0v) is 12.4. The quantitative estimate of drug-likeness (QED) is 0.889. The van der Waals surface area contributed by atoms with Gasteiger partial charge >= 0.3 is 0 Å². The fraction of sp³-hybridized carbons (Fsp3) is 0.375. The number of hydrogen-bond donors (Lipinski definition) is 2. The highest BCUT2D eigenvalue weighted by atomic mass is 35.5. The van der Waals surface area contributed by atoms with Gasteiger partial charge in [-0.2, -0.15) is 10.4 Å². The molecule has 5 heteroatoms. The van der Waals surface area contributed by atoms with Gasteiger partial charge in [0.1, 0.15) is 17.3 Å². The van der Waals surface area contributed by atoms with Crippen LogP contribution in [-0.2, 0) is 0 Å². The third-order valence-corrected chi connectivity index (χ3v) is 4.42. The molecule has 2 aromatic rings. The second-order valence-electron chi connectivity index (χ2n) is 5.59. The first kappa shape index (κ1) is 14.1. The SMILES string of the molecule is N#Cc1c(-c2cccc(Cl)c2)n[nH]c1C1CCC(N)CC1. The van der Waals surface area contributed by atoms with E-state index in [0.29, 0.717) is 28.2 Å². The second kappa shape index (κ2) is 5.88. The largest absolute Gasteiger partial charge is 0.328 e. The summed E-state index contributed by atoms with van der Waals surface area (Å²) in [7, 11) is 0. The van der Waals surface area contributed by atoms with Gasteiger partial charge in [-0.3, -0.25) is 5.10 Å². The first-order valence-electron chi connectivity index (χ1n) is 7.19. The van der Waals surface area contributed by atoms with Gasteiger partial charge in [0.25, 0.3) is 0 Å². The van der Waals surface area contributed by atoms with Crippen molar-refractivity contribution >= 4 is 11.6 Å². The molecule has 1 saturated carbocycles. The Morgan fingerprint density at radius 2 is 2.05 bits per heavy atom. The van der Waals surface area contributed by atoms with Crippen molar-refractivity contribution in [3.05, 3.63) is 40.5 Å². The van der Waals surface area contributed by atoms with E-state index in [1.165, 1.54) is 0 Å². The summed E-state index contributed by atoms with van der Waals surface area (Å²) in [5.41, 5.74) is 9.09. The summed E-state index contributed by atoms with van der Waals surface area (Å²) < 4.78 is 0. The average Bonchev–Trinajstić information content (AvgIpc) is 2.92. The van der Waals surface area contributed by atoms with Crippen LogP contribution in [0.15, 0.2) is 24.3 Å². The monoisotopic (exact) mass is 300 g/mol. The zero-order valence-electron chi connectivity index (χ0n) is 11.6. The fourth-order valence-electron chi connectivity index (χ4n) is 3.02. The van der Waals surface area contributed by atoms with Gasteiger partial charge in [-0.15, -0.1) is 0 Å². The van der Waals surface area contributed by atoms with Crippen LogP contribution in [0.2, 0.25) is 5.02 Å². The minimum Gasteiger partial charge on any atom is -0.328 e. The highest BCUT2D eigenvalue weighted by molar-refractivity contribution is 6.30. The van der Waals surface area contributed by atoms with Gasteiger partial charge < -0.3 is 5.73 Å². The molecule has 4 nitrogen and oxygen atoms in total. The van der Waals surface area contributed by atoms with E-state index in [1.54, 1.807) is 0 Å². The molecule has 1 fully saturated rings. The maximum Gasteiger partial charge on any atom is 0.110 e. The van der Waals surface area contributed by atoms with Crippen LogP contribution >= 0.6 is 11.6 Å². The van der Waals surface area contributed by atoms with Crippen LogP contribution in [0.3, 0.4) is 0 Å². The summed E-state index contributed by atoms with van der Waals surface area (Å²) in [5.74, 6) is 0.347. The molecule has 1 aromatic heterocycles. The molecule has 0 atom stereocenters. The number of aromatic nitrogens is 2. The van der Waals surface area contributed by atoms with Crippen LogP contribution in [0.5, 0.6) is 0 Å². The molecule has 0 spiro atoms. The van der Waals surface area contributed by atoms with Gasteiger partial charge in [-0.05, 0) is 37.8 Å². The molecule has 0 bridgehead atoms. The number of nitriles is 1. The highest BCUT2D eigenvalue weighted by Crippen LogP contribution is 2.36. The van der Waals surface area contributed by atoms with E-state index in [-0.39, 0.29) is 0 Å². The van der Waals surface area contributed by atoms with Crippen molar-refractivity contribution in [2.45, 2.75) is 37.6 Å². The molecule has 21 heavy (non-hydrogen) atoms. The zero-order chi connectivity index (χ0) is 14.8. The summed E-state index contributed by atoms with van der Waals surface area (Å²) in [6.07, 6.45) is 4.02. The summed E-state index contributed by atoms with van der Waals surface area (Å²) >= 11 is 6.03. The van der Waals surface area contributed by atoms with E-state index in [0.717, 1.165) is 36.9 Å². The van der Waals surface area contributed by atoms with E-state index >= 15 is 0 Å². The Morgan fingerprint density at radius 1 is 1.29 bits per heavy atom. The molecular formula is C16H17ClN4. The number of H-pyrrole nitrogens is 1. The summed E-state index contributed by atoms with van der Waals surface area (Å²) in [6.45, 7) is 0. The van der Waals surface area contributed by atoms with Crippen LogP contribution in [0.4, 0.5) is 0 Å². The van der Waals surface area contributed by atoms with E-state index in [9.17, 15) is 5.26 Å². The lowest BCUT2D eigenvalue weighted by Crippen LogP contribution is -2.26. The number of halogens is 1. The molecule has 0 unspecified atom stereocenters. The number of nitrogens with two attached hydrogens (primary N) is 1. The standard InChI is InChI=1S/C16H17ClN4/c17-12-3-1-2-11(8-12)16-14(9-18)15(20-21-16)10-4-6-13(19)7-5-10/h1-3,8,10,13H,4-7,19H2,(H,20,21). The van der Waals surface area contributed by atoms with Gasteiger partial charge in [-0.1, -0.05) is 23.7 Å².